The summed E-state index contributed by atoms with van der Waals surface area (Å²) in [5.74, 6) is -0.604. The number of imide groups is 1. The number of rotatable bonds is 9. The summed E-state index contributed by atoms with van der Waals surface area (Å²) < 4.78 is 20.8. The quantitative estimate of drug-likeness (QED) is 0.252. The smallest absolute Gasteiger partial charge is 0.329 e. The van der Waals surface area contributed by atoms with Gasteiger partial charge in [0, 0.05) is 60.5 Å². The molecule has 4 aromatic rings. The summed E-state index contributed by atoms with van der Waals surface area (Å²) in [6.45, 7) is 4.46. The molecule has 3 aromatic carbocycles. The normalized spacial score (nSPS) is 21.6. The predicted octanol–water partition coefficient (Wildman–Crippen LogP) is 4.92. The highest BCUT2D eigenvalue weighted by Crippen LogP contribution is 2.40. The zero-order valence-corrected chi connectivity index (χ0v) is 26.4. The lowest BCUT2D eigenvalue weighted by Crippen LogP contribution is -2.46. The summed E-state index contributed by atoms with van der Waals surface area (Å²) in [6, 6.07) is 20.5. The number of benzene rings is 3. The Morgan fingerprint density at radius 2 is 1.59 bits per heavy atom. The molecule has 2 unspecified atom stereocenters. The topological polar surface area (TPSA) is 101 Å². The summed E-state index contributed by atoms with van der Waals surface area (Å²) in [5, 5.41) is 3.55. The molecule has 11 nitrogen and oxygen atoms in total. The van der Waals surface area contributed by atoms with Crippen molar-refractivity contribution in [2.45, 2.75) is 18.4 Å². The number of ether oxygens (including phenoxy) is 3. The maximum Gasteiger partial charge on any atom is 0.329 e. The molecule has 0 saturated carbocycles. The molecule has 1 aromatic heterocycles. The van der Waals surface area contributed by atoms with Gasteiger partial charge in [0.1, 0.15) is 18.5 Å². The van der Waals surface area contributed by atoms with Gasteiger partial charge in [-0.25, -0.2) is 14.7 Å². The van der Waals surface area contributed by atoms with E-state index in [1.165, 1.54) is 4.90 Å². The van der Waals surface area contributed by atoms with Gasteiger partial charge in [-0.05, 0) is 60.7 Å². The summed E-state index contributed by atoms with van der Waals surface area (Å²) in [4.78, 5) is 33.9. The summed E-state index contributed by atoms with van der Waals surface area (Å²) in [5.41, 5.74) is 3.46. The van der Waals surface area contributed by atoms with Crippen LogP contribution in [0.1, 0.15) is 5.56 Å². The van der Waals surface area contributed by atoms with Gasteiger partial charge in [-0.3, -0.25) is 4.79 Å². The molecule has 3 fully saturated rings. The third-order valence-electron chi connectivity index (χ3n) is 8.38. The van der Waals surface area contributed by atoms with E-state index in [0.717, 1.165) is 43.3 Å². The second-order valence-electron chi connectivity index (χ2n) is 11.3. The van der Waals surface area contributed by atoms with Crippen LogP contribution in [0.4, 0.5) is 21.9 Å². The molecule has 3 aliphatic rings. The Morgan fingerprint density at radius 3 is 2.20 bits per heavy atom. The van der Waals surface area contributed by atoms with Crippen LogP contribution in [0.5, 0.6) is 5.75 Å². The van der Waals surface area contributed by atoms with Crippen molar-refractivity contribution in [2.24, 2.45) is 0 Å². The maximum atomic E-state index is 12.0. The first-order valence-corrected chi connectivity index (χ1v) is 15.8. The maximum absolute atomic E-state index is 12.0. The summed E-state index contributed by atoms with van der Waals surface area (Å²) in [6.07, 6.45) is 4.95. The van der Waals surface area contributed by atoms with Gasteiger partial charge in [0.15, 0.2) is 0 Å². The fraction of sp³-hybridized carbons (Fsp3) is 0.303. The number of piperazine rings is 1. The van der Waals surface area contributed by atoms with Crippen molar-refractivity contribution in [3.63, 3.8) is 0 Å². The number of urea groups is 1. The van der Waals surface area contributed by atoms with Crippen LogP contribution < -0.4 is 24.8 Å². The van der Waals surface area contributed by atoms with E-state index in [0.29, 0.717) is 41.1 Å². The Balaban J connectivity index is 0.928. The zero-order valence-electron chi connectivity index (χ0n) is 24.9. The van der Waals surface area contributed by atoms with Crippen molar-refractivity contribution in [1.29, 1.82) is 0 Å². The lowest BCUT2D eigenvalue weighted by atomic mass is 10.1. The third-order valence-corrected chi connectivity index (χ3v) is 8.93. The van der Waals surface area contributed by atoms with Crippen molar-refractivity contribution >= 4 is 52.2 Å². The third kappa shape index (κ3) is 6.23. The Morgan fingerprint density at radius 1 is 0.913 bits per heavy atom. The fourth-order valence-electron chi connectivity index (χ4n) is 6.04. The first-order valence-electron chi connectivity index (χ1n) is 15.0. The SMILES string of the molecule is O=C1CNC(=O)N1c1ccc(N2CCN(c3ccc(OCC4COC(Cn5ccnc5)(c5ccc(Cl)cc5Cl)O4)cc3)CC2)cc1. The standard InChI is InChI=1S/C33H32Cl2N6O5/c34-23-1-10-29(30(35)17-23)33(21-38-12-11-36-22-38)45-20-28(46-33)19-44-27-8-6-25(7-9-27)40-15-13-39(14-16-40)24-2-4-26(5-3-24)41-31(42)18-37-32(41)43/h1-12,17,22,28H,13-16,18-21H2,(H,37,43). The van der Waals surface area contributed by atoms with Crippen molar-refractivity contribution < 1.29 is 23.8 Å². The number of aromatic nitrogens is 2. The molecule has 3 saturated heterocycles. The van der Waals surface area contributed by atoms with Gasteiger partial charge in [-0.2, -0.15) is 0 Å². The Labute approximate surface area is 276 Å². The molecule has 4 heterocycles. The number of halogens is 2. The van der Waals surface area contributed by atoms with Gasteiger partial charge in [-0.1, -0.05) is 29.3 Å². The number of nitrogens with zero attached hydrogens (tertiary/aromatic N) is 5. The molecule has 3 aliphatic heterocycles. The molecule has 0 bridgehead atoms. The molecule has 238 valence electrons. The second kappa shape index (κ2) is 12.8. The highest BCUT2D eigenvalue weighted by molar-refractivity contribution is 6.35. The average Bonchev–Trinajstić information content (AvgIpc) is 3.82. The minimum atomic E-state index is -1.10. The van der Waals surface area contributed by atoms with Gasteiger partial charge < -0.3 is 33.9 Å². The van der Waals surface area contributed by atoms with E-state index in [4.69, 9.17) is 37.4 Å². The van der Waals surface area contributed by atoms with E-state index in [9.17, 15) is 9.59 Å². The number of carbonyl (C=O) groups is 2. The second-order valence-corrected chi connectivity index (χ2v) is 12.2. The molecule has 13 heteroatoms. The van der Waals surface area contributed by atoms with Crippen LogP contribution in [0.25, 0.3) is 0 Å². The number of nitrogens with one attached hydrogen (secondary N) is 1. The van der Waals surface area contributed by atoms with Crippen LogP contribution in [0.3, 0.4) is 0 Å². The van der Waals surface area contributed by atoms with Gasteiger partial charge in [0.05, 0.1) is 36.7 Å². The van der Waals surface area contributed by atoms with E-state index in [1.54, 1.807) is 24.7 Å². The Kier molecular flexibility index (Phi) is 8.48. The minimum absolute atomic E-state index is 0.0363. The fourth-order valence-corrected chi connectivity index (χ4v) is 6.59. The lowest BCUT2D eigenvalue weighted by molar-refractivity contribution is -0.189. The monoisotopic (exact) mass is 662 g/mol. The van der Waals surface area contributed by atoms with E-state index >= 15 is 0 Å². The van der Waals surface area contributed by atoms with E-state index in [-0.39, 0.29) is 24.6 Å². The molecule has 2 atom stereocenters. The van der Waals surface area contributed by atoms with Gasteiger partial charge in [0.2, 0.25) is 5.79 Å². The summed E-state index contributed by atoms with van der Waals surface area (Å²) >= 11 is 12.7. The minimum Gasteiger partial charge on any atom is -0.491 e. The van der Waals surface area contributed by atoms with E-state index in [2.05, 4.69) is 32.2 Å². The number of anilines is 3. The van der Waals surface area contributed by atoms with Gasteiger partial charge in [0.25, 0.3) is 5.91 Å². The van der Waals surface area contributed by atoms with Crippen molar-refractivity contribution in [3.8, 4) is 5.75 Å². The lowest BCUT2D eigenvalue weighted by Gasteiger charge is -2.37. The molecule has 7 rings (SSSR count). The van der Waals surface area contributed by atoms with Crippen molar-refractivity contribution in [3.05, 3.63) is 101 Å². The number of hydrogen-bond acceptors (Lipinski definition) is 8. The number of hydrogen-bond donors (Lipinski definition) is 1. The predicted molar refractivity (Wildman–Crippen MR) is 175 cm³/mol. The Bertz CT molecular complexity index is 1680. The van der Waals surface area contributed by atoms with Crippen LogP contribution in [0.15, 0.2) is 85.5 Å². The highest BCUT2D eigenvalue weighted by Gasteiger charge is 2.45. The molecule has 46 heavy (non-hydrogen) atoms. The molecule has 0 radical (unpaired) electrons. The highest BCUT2D eigenvalue weighted by atomic mass is 35.5. The molecule has 0 spiro atoms. The average molecular weight is 664 g/mol. The van der Waals surface area contributed by atoms with E-state index in [1.807, 2.05) is 53.2 Å². The zero-order chi connectivity index (χ0) is 31.7. The summed E-state index contributed by atoms with van der Waals surface area (Å²) in [7, 11) is 0. The van der Waals surface area contributed by atoms with Crippen LogP contribution in [0.2, 0.25) is 10.0 Å². The molecular formula is C33H32Cl2N6O5. The van der Waals surface area contributed by atoms with Crippen molar-refractivity contribution in [1.82, 2.24) is 14.9 Å². The Hall–Kier alpha value is -4.29. The number of imidazole rings is 1. The van der Waals surface area contributed by atoms with Crippen molar-refractivity contribution in [2.75, 3.05) is 60.6 Å². The molecular weight excluding hydrogens is 631 g/mol. The largest absolute Gasteiger partial charge is 0.491 e. The van der Waals surface area contributed by atoms with Crippen LogP contribution >= 0.6 is 23.2 Å². The van der Waals surface area contributed by atoms with Crippen LogP contribution in [-0.4, -0.2) is 73.5 Å². The molecule has 0 aliphatic carbocycles. The first-order chi connectivity index (χ1) is 22.4. The first kappa shape index (κ1) is 30.4. The molecule has 3 amide bonds. The number of amides is 3. The molecule has 1 N–H and O–H groups in total. The van der Waals surface area contributed by atoms with Crippen LogP contribution in [-0.2, 0) is 26.6 Å². The number of carbonyl (C=O) groups excluding carboxylic acids is 2. The van der Waals surface area contributed by atoms with E-state index < -0.39 is 5.79 Å². The van der Waals surface area contributed by atoms with Crippen LogP contribution in [0, 0.1) is 0 Å². The van der Waals surface area contributed by atoms with Gasteiger partial charge in [-0.15, -0.1) is 0 Å². The van der Waals surface area contributed by atoms with Gasteiger partial charge >= 0.3 is 6.03 Å².